The van der Waals surface area contributed by atoms with Gasteiger partial charge in [-0.25, -0.2) is 9.50 Å². The predicted octanol–water partition coefficient (Wildman–Crippen LogP) is 4.66. The molecular formula is C21H23F3N4O. The van der Waals surface area contributed by atoms with Crippen LogP contribution in [-0.4, -0.2) is 39.0 Å². The minimum absolute atomic E-state index is 0.193. The molecule has 0 atom stereocenters. The minimum Gasteiger partial charge on any atom is -0.345 e. The third-order valence-corrected chi connectivity index (χ3v) is 4.73. The van der Waals surface area contributed by atoms with Gasteiger partial charge >= 0.3 is 6.18 Å². The molecule has 3 heterocycles. The zero-order chi connectivity index (χ0) is 21.0. The molecule has 1 aromatic carbocycles. The Balaban J connectivity index is 0.000000252. The molecule has 0 spiro atoms. The van der Waals surface area contributed by atoms with Crippen LogP contribution in [-0.2, 0) is 11.0 Å². The van der Waals surface area contributed by atoms with E-state index in [9.17, 15) is 18.0 Å². The van der Waals surface area contributed by atoms with Gasteiger partial charge in [-0.3, -0.25) is 4.79 Å². The zero-order valence-corrected chi connectivity index (χ0v) is 16.4. The van der Waals surface area contributed by atoms with E-state index in [0.717, 1.165) is 35.6 Å². The Bertz CT molecular complexity index is 974. The van der Waals surface area contributed by atoms with Crippen molar-refractivity contribution in [2.24, 2.45) is 0 Å². The molecule has 4 rings (SSSR count). The van der Waals surface area contributed by atoms with E-state index in [-0.39, 0.29) is 11.3 Å². The van der Waals surface area contributed by atoms with Gasteiger partial charge < -0.3 is 4.90 Å². The van der Waals surface area contributed by atoms with E-state index in [1.807, 2.05) is 24.0 Å². The van der Waals surface area contributed by atoms with Crippen molar-refractivity contribution in [3.63, 3.8) is 0 Å². The number of hydrogen-bond donors (Lipinski definition) is 0. The maximum atomic E-state index is 13.2. The van der Waals surface area contributed by atoms with Crippen molar-refractivity contribution in [3.8, 4) is 11.3 Å². The van der Waals surface area contributed by atoms with Gasteiger partial charge in [0.25, 0.3) is 0 Å². The molecule has 1 aliphatic heterocycles. The Morgan fingerprint density at radius 3 is 2.21 bits per heavy atom. The van der Waals surface area contributed by atoms with Crippen molar-refractivity contribution < 1.29 is 18.0 Å². The number of carbonyl (C=O) groups excluding carboxylic acids is 1. The maximum Gasteiger partial charge on any atom is 0.433 e. The fraction of sp³-hybridized carbons (Fsp3) is 0.381. The molecule has 0 bridgehead atoms. The van der Waals surface area contributed by atoms with Crippen molar-refractivity contribution >= 4 is 12.1 Å². The second kappa shape index (κ2) is 8.63. The lowest BCUT2D eigenvalue weighted by Gasteiger charge is -2.21. The molecule has 154 valence electrons. The van der Waals surface area contributed by atoms with E-state index in [1.54, 1.807) is 19.1 Å². The fourth-order valence-corrected chi connectivity index (χ4v) is 3.19. The third-order valence-electron chi connectivity index (χ3n) is 4.73. The highest BCUT2D eigenvalue weighted by Gasteiger charge is 2.35. The van der Waals surface area contributed by atoms with Gasteiger partial charge in [0.05, 0.1) is 11.4 Å². The van der Waals surface area contributed by atoms with Crippen LogP contribution in [0.4, 0.5) is 13.2 Å². The smallest absolute Gasteiger partial charge is 0.345 e. The summed E-state index contributed by atoms with van der Waals surface area (Å²) in [6, 6.07) is 9.78. The average Bonchev–Trinajstić information content (AvgIpc) is 3.08. The number of likely N-dealkylation sites (tertiary alicyclic amines) is 1. The summed E-state index contributed by atoms with van der Waals surface area (Å²) in [5.41, 5.74) is 1.83. The van der Waals surface area contributed by atoms with Crippen molar-refractivity contribution in [3.05, 3.63) is 53.3 Å². The molecule has 0 aliphatic carbocycles. The molecule has 1 saturated heterocycles. The topological polar surface area (TPSA) is 50.5 Å². The van der Waals surface area contributed by atoms with E-state index < -0.39 is 11.9 Å². The zero-order valence-electron chi connectivity index (χ0n) is 16.4. The van der Waals surface area contributed by atoms with Gasteiger partial charge in [0.2, 0.25) is 6.41 Å². The number of carbonyl (C=O) groups is 1. The van der Waals surface area contributed by atoms with Crippen LogP contribution < -0.4 is 0 Å². The van der Waals surface area contributed by atoms with E-state index >= 15 is 0 Å². The van der Waals surface area contributed by atoms with Crippen LogP contribution >= 0.6 is 0 Å². The molecule has 1 amide bonds. The summed E-state index contributed by atoms with van der Waals surface area (Å²) >= 11 is 0. The van der Waals surface area contributed by atoms with Crippen LogP contribution in [0.3, 0.4) is 0 Å². The van der Waals surface area contributed by atoms with Crippen LogP contribution in [0.2, 0.25) is 0 Å². The van der Waals surface area contributed by atoms with Gasteiger partial charge in [-0.15, -0.1) is 0 Å². The molecule has 3 aromatic rings. The SMILES string of the molecule is Cc1ccc(-c2cc(C(F)(F)F)n3nc(C)cc3n2)cc1.O=CN1CCCCC1. The number of halogens is 3. The number of aromatic nitrogens is 3. The molecular weight excluding hydrogens is 381 g/mol. The number of piperidine rings is 1. The van der Waals surface area contributed by atoms with E-state index in [0.29, 0.717) is 11.3 Å². The number of rotatable bonds is 2. The minimum atomic E-state index is -4.49. The molecule has 5 nitrogen and oxygen atoms in total. The van der Waals surface area contributed by atoms with Crippen molar-refractivity contribution in [2.75, 3.05) is 13.1 Å². The second-order valence-electron chi connectivity index (χ2n) is 7.15. The lowest BCUT2D eigenvalue weighted by molar-refractivity contribution is -0.142. The number of amides is 1. The summed E-state index contributed by atoms with van der Waals surface area (Å²) in [7, 11) is 0. The molecule has 29 heavy (non-hydrogen) atoms. The quantitative estimate of drug-likeness (QED) is 0.584. The summed E-state index contributed by atoms with van der Waals surface area (Å²) in [4.78, 5) is 16.2. The van der Waals surface area contributed by atoms with Crippen molar-refractivity contribution in [1.82, 2.24) is 19.5 Å². The first-order valence-electron chi connectivity index (χ1n) is 9.49. The maximum absolute atomic E-state index is 13.2. The number of aryl methyl sites for hydroxylation is 2. The Kier molecular flexibility index (Phi) is 6.20. The van der Waals surface area contributed by atoms with Crippen LogP contribution in [0, 0.1) is 13.8 Å². The third kappa shape index (κ3) is 5.13. The number of benzene rings is 1. The molecule has 0 unspecified atom stereocenters. The lowest BCUT2D eigenvalue weighted by atomic mass is 10.1. The molecule has 1 fully saturated rings. The molecule has 0 radical (unpaired) electrons. The van der Waals surface area contributed by atoms with Crippen LogP contribution in [0.15, 0.2) is 36.4 Å². The fourth-order valence-electron chi connectivity index (χ4n) is 3.19. The summed E-state index contributed by atoms with van der Waals surface area (Å²) in [5, 5.41) is 3.86. The average molecular weight is 404 g/mol. The second-order valence-corrected chi connectivity index (χ2v) is 7.15. The van der Waals surface area contributed by atoms with Gasteiger partial charge in [0, 0.05) is 24.7 Å². The number of nitrogens with zero attached hydrogens (tertiary/aromatic N) is 4. The van der Waals surface area contributed by atoms with Crippen LogP contribution in [0.1, 0.15) is 36.2 Å². The predicted molar refractivity (Wildman–Crippen MR) is 104 cm³/mol. The van der Waals surface area contributed by atoms with Crippen molar-refractivity contribution in [2.45, 2.75) is 39.3 Å². The first-order chi connectivity index (χ1) is 13.8. The summed E-state index contributed by atoms with van der Waals surface area (Å²) in [6.07, 6.45) is 0.139. The monoisotopic (exact) mass is 404 g/mol. The highest BCUT2D eigenvalue weighted by Crippen LogP contribution is 2.32. The van der Waals surface area contributed by atoms with Gasteiger partial charge in [0.1, 0.15) is 0 Å². The Hall–Kier alpha value is -2.90. The molecule has 8 heteroatoms. The first-order valence-corrected chi connectivity index (χ1v) is 9.49. The number of fused-ring (bicyclic) bond motifs is 1. The van der Waals surface area contributed by atoms with E-state index in [2.05, 4.69) is 10.1 Å². The van der Waals surface area contributed by atoms with Gasteiger partial charge in [-0.1, -0.05) is 29.8 Å². The van der Waals surface area contributed by atoms with E-state index in [1.165, 1.54) is 25.3 Å². The number of hydrogen-bond acceptors (Lipinski definition) is 3. The Morgan fingerprint density at radius 1 is 1.00 bits per heavy atom. The summed E-state index contributed by atoms with van der Waals surface area (Å²) in [5.74, 6) is 0. The largest absolute Gasteiger partial charge is 0.433 e. The van der Waals surface area contributed by atoms with Crippen LogP contribution in [0.5, 0.6) is 0 Å². The van der Waals surface area contributed by atoms with Gasteiger partial charge in [-0.05, 0) is 39.2 Å². The van der Waals surface area contributed by atoms with Crippen LogP contribution in [0.25, 0.3) is 16.9 Å². The Morgan fingerprint density at radius 2 is 1.66 bits per heavy atom. The summed E-state index contributed by atoms with van der Waals surface area (Å²) in [6.45, 7) is 5.51. The normalized spacial score (nSPS) is 14.4. The standard InChI is InChI=1S/C15H12F3N3.C6H11NO/c1-9-3-5-11(6-4-9)12-8-13(15(16,17)18)21-14(19-12)7-10(2)20-21;8-6-7-4-2-1-3-5-7/h3-8H,1-2H3;6H,1-5H2. The highest BCUT2D eigenvalue weighted by atomic mass is 19.4. The molecule has 0 N–H and O–H groups in total. The van der Waals surface area contributed by atoms with E-state index in [4.69, 9.17) is 0 Å². The number of alkyl halides is 3. The Labute approximate surface area is 167 Å². The van der Waals surface area contributed by atoms with Crippen molar-refractivity contribution in [1.29, 1.82) is 0 Å². The highest BCUT2D eigenvalue weighted by molar-refractivity contribution is 5.63. The molecule has 0 saturated carbocycles. The van der Waals surface area contributed by atoms with Gasteiger partial charge in [-0.2, -0.15) is 18.3 Å². The lowest BCUT2D eigenvalue weighted by Crippen LogP contribution is -2.27. The first kappa shape index (κ1) is 20.8. The summed E-state index contributed by atoms with van der Waals surface area (Å²) < 4.78 is 40.4. The molecule has 2 aromatic heterocycles. The molecule has 1 aliphatic rings. The van der Waals surface area contributed by atoms with Gasteiger partial charge in [0.15, 0.2) is 11.3 Å².